The molecular weight excluding hydrogens is 336 g/mol. The van der Waals surface area contributed by atoms with Gasteiger partial charge in [0, 0.05) is 18.7 Å². The fraction of sp³-hybridized carbons (Fsp3) is 0.391. The van der Waals surface area contributed by atoms with Gasteiger partial charge in [-0.15, -0.1) is 0 Å². The van der Waals surface area contributed by atoms with E-state index in [9.17, 15) is 9.59 Å². The first-order valence-corrected chi connectivity index (χ1v) is 9.78. The fourth-order valence-electron chi connectivity index (χ4n) is 4.22. The molecule has 0 aromatic heterocycles. The van der Waals surface area contributed by atoms with E-state index in [1.807, 2.05) is 31.2 Å². The normalized spacial score (nSPS) is 21.9. The number of fused-ring (bicyclic) bond motifs is 1. The molecule has 4 heteroatoms. The number of anilines is 1. The number of amides is 2. The van der Waals surface area contributed by atoms with Crippen molar-refractivity contribution in [3.05, 3.63) is 64.7 Å². The average molecular weight is 362 g/mol. The van der Waals surface area contributed by atoms with E-state index in [0.29, 0.717) is 6.54 Å². The number of hydrogen-bond acceptors (Lipinski definition) is 2. The predicted octanol–water partition coefficient (Wildman–Crippen LogP) is 3.85. The van der Waals surface area contributed by atoms with Gasteiger partial charge >= 0.3 is 0 Å². The van der Waals surface area contributed by atoms with E-state index in [1.165, 1.54) is 16.7 Å². The van der Waals surface area contributed by atoms with E-state index >= 15 is 0 Å². The van der Waals surface area contributed by atoms with Gasteiger partial charge in [0.1, 0.15) is 0 Å². The Morgan fingerprint density at radius 1 is 1.11 bits per heavy atom. The molecule has 2 aromatic rings. The molecule has 2 amide bonds. The maximum absolute atomic E-state index is 12.9. The first-order valence-electron chi connectivity index (χ1n) is 9.78. The third kappa shape index (κ3) is 3.48. The second kappa shape index (κ2) is 7.18. The molecule has 2 aromatic carbocycles. The minimum Gasteiger partial charge on any atom is -0.349 e. The van der Waals surface area contributed by atoms with Crippen molar-refractivity contribution in [2.45, 2.75) is 45.6 Å². The lowest BCUT2D eigenvalue weighted by Crippen LogP contribution is -2.36. The van der Waals surface area contributed by atoms with Crippen LogP contribution in [0, 0.1) is 19.8 Å². The second-order valence-electron chi connectivity index (χ2n) is 7.83. The number of benzene rings is 2. The molecule has 2 atom stereocenters. The molecule has 27 heavy (non-hydrogen) atoms. The van der Waals surface area contributed by atoms with Crippen molar-refractivity contribution in [1.82, 2.24) is 5.32 Å². The van der Waals surface area contributed by atoms with Crippen LogP contribution in [0.5, 0.6) is 0 Å². The Morgan fingerprint density at radius 2 is 1.93 bits per heavy atom. The molecule has 0 bridgehead atoms. The van der Waals surface area contributed by atoms with Crippen molar-refractivity contribution < 1.29 is 9.59 Å². The average Bonchev–Trinajstić information content (AvgIpc) is 3.06. The number of nitrogens with one attached hydrogen (secondary N) is 1. The van der Waals surface area contributed by atoms with Crippen molar-refractivity contribution in [2.24, 2.45) is 5.92 Å². The molecule has 140 valence electrons. The Hall–Kier alpha value is -2.62. The zero-order valence-electron chi connectivity index (χ0n) is 16.0. The summed E-state index contributed by atoms with van der Waals surface area (Å²) < 4.78 is 0. The standard InChI is InChI=1S/C23H26N2O2/c1-15-10-11-19(12-16(15)2)25-14-18(13-22(25)26)23(27)24-21-9-5-7-17-6-3-4-8-20(17)21/h3-4,6,8,10-12,18,21H,5,7,9,13-14H2,1-2H3,(H,24,27). The van der Waals surface area contributed by atoms with Gasteiger partial charge in [0.05, 0.1) is 12.0 Å². The van der Waals surface area contributed by atoms with Crippen LogP contribution in [0.1, 0.15) is 47.6 Å². The minimum absolute atomic E-state index is 0.00335. The molecule has 1 saturated heterocycles. The summed E-state index contributed by atoms with van der Waals surface area (Å²) in [6.45, 7) is 4.56. The first-order chi connectivity index (χ1) is 13.0. The molecule has 1 fully saturated rings. The lowest BCUT2D eigenvalue weighted by molar-refractivity contribution is -0.127. The van der Waals surface area contributed by atoms with Gasteiger partial charge in [-0.3, -0.25) is 9.59 Å². The Morgan fingerprint density at radius 3 is 2.74 bits per heavy atom. The molecule has 2 unspecified atom stereocenters. The molecule has 4 rings (SSSR count). The number of carbonyl (C=O) groups is 2. The third-order valence-corrected chi connectivity index (χ3v) is 5.98. The first kappa shape index (κ1) is 17.8. The number of carbonyl (C=O) groups excluding carboxylic acids is 2. The molecule has 4 nitrogen and oxygen atoms in total. The molecule has 0 radical (unpaired) electrons. The molecule has 1 N–H and O–H groups in total. The minimum atomic E-state index is -0.284. The second-order valence-corrected chi connectivity index (χ2v) is 7.83. The van der Waals surface area contributed by atoms with Crippen LogP contribution in [0.25, 0.3) is 0 Å². The molecular formula is C23H26N2O2. The topological polar surface area (TPSA) is 49.4 Å². The molecule has 0 saturated carbocycles. The van der Waals surface area contributed by atoms with Crippen LogP contribution >= 0.6 is 0 Å². The smallest absolute Gasteiger partial charge is 0.227 e. The van der Waals surface area contributed by atoms with Gasteiger partial charge in [0.15, 0.2) is 0 Å². The summed E-state index contributed by atoms with van der Waals surface area (Å²) in [5.74, 6) is -0.257. The molecule has 1 aliphatic carbocycles. The van der Waals surface area contributed by atoms with Crippen LogP contribution in [0.4, 0.5) is 5.69 Å². The van der Waals surface area contributed by atoms with E-state index in [0.717, 1.165) is 30.5 Å². The lowest BCUT2D eigenvalue weighted by atomic mass is 9.87. The highest BCUT2D eigenvalue weighted by Gasteiger charge is 2.36. The van der Waals surface area contributed by atoms with Crippen LogP contribution in [0.2, 0.25) is 0 Å². The number of rotatable bonds is 3. The van der Waals surface area contributed by atoms with Crippen LogP contribution in [0.3, 0.4) is 0 Å². The predicted molar refractivity (Wildman–Crippen MR) is 107 cm³/mol. The monoisotopic (exact) mass is 362 g/mol. The van der Waals surface area contributed by atoms with Crippen LogP contribution in [0.15, 0.2) is 42.5 Å². The Labute approximate surface area is 160 Å². The van der Waals surface area contributed by atoms with Crippen molar-refractivity contribution in [2.75, 3.05) is 11.4 Å². The van der Waals surface area contributed by atoms with Gasteiger partial charge in [0.2, 0.25) is 11.8 Å². The van der Waals surface area contributed by atoms with Gasteiger partial charge in [0.25, 0.3) is 0 Å². The van der Waals surface area contributed by atoms with Crippen LogP contribution < -0.4 is 10.2 Å². The Balaban J connectivity index is 1.46. The quantitative estimate of drug-likeness (QED) is 0.902. The van der Waals surface area contributed by atoms with Gasteiger partial charge in [-0.2, -0.15) is 0 Å². The molecule has 0 spiro atoms. The summed E-state index contributed by atoms with van der Waals surface area (Å²) >= 11 is 0. The van der Waals surface area contributed by atoms with Gasteiger partial charge in [-0.1, -0.05) is 30.3 Å². The molecule has 1 heterocycles. The Kier molecular flexibility index (Phi) is 4.73. The maximum atomic E-state index is 12.9. The summed E-state index contributed by atoms with van der Waals surface area (Å²) in [6, 6.07) is 14.4. The summed E-state index contributed by atoms with van der Waals surface area (Å²) in [4.78, 5) is 27.2. The zero-order chi connectivity index (χ0) is 19.0. The van der Waals surface area contributed by atoms with Crippen molar-refractivity contribution in [1.29, 1.82) is 0 Å². The lowest BCUT2D eigenvalue weighted by Gasteiger charge is -2.27. The SMILES string of the molecule is Cc1ccc(N2CC(C(=O)NC3CCCc4ccccc43)CC2=O)cc1C. The van der Waals surface area contributed by atoms with Gasteiger partial charge < -0.3 is 10.2 Å². The summed E-state index contributed by atoms with van der Waals surface area (Å²) in [6.07, 6.45) is 3.41. The van der Waals surface area contributed by atoms with Crippen molar-refractivity contribution in [3.8, 4) is 0 Å². The molecule has 1 aliphatic heterocycles. The largest absolute Gasteiger partial charge is 0.349 e. The van der Waals surface area contributed by atoms with E-state index in [-0.39, 0.29) is 30.2 Å². The summed E-state index contributed by atoms with van der Waals surface area (Å²) in [7, 11) is 0. The number of hydrogen-bond donors (Lipinski definition) is 1. The molecule has 2 aliphatic rings. The zero-order valence-corrected chi connectivity index (χ0v) is 16.0. The number of nitrogens with zero attached hydrogens (tertiary/aromatic N) is 1. The highest BCUT2D eigenvalue weighted by molar-refractivity contribution is 6.00. The van der Waals surface area contributed by atoms with Crippen LogP contribution in [-0.4, -0.2) is 18.4 Å². The van der Waals surface area contributed by atoms with E-state index in [1.54, 1.807) is 4.90 Å². The van der Waals surface area contributed by atoms with Gasteiger partial charge in [-0.05, 0) is 67.5 Å². The maximum Gasteiger partial charge on any atom is 0.227 e. The summed E-state index contributed by atoms with van der Waals surface area (Å²) in [5.41, 5.74) is 5.81. The number of aryl methyl sites for hydroxylation is 3. The van der Waals surface area contributed by atoms with Gasteiger partial charge in [-0.25, -0.2) is 0 Å². The van der Waals surface area contributed by atoms with E-state index in [2.05, 4.69) is 30.4 Å². The highest BCUT2D eigenvalue weighted by atomic mass is 16.2. The third-order valence-electron chi connectivity index (χ3n) is 5.98. The van der Waals surface area contributed by atoms with Crippen molar-refractivity contribution in [3.63, 3.8) is 0 Å². The highest BCUT2D eigenvalue weighted by Crippen LogP contribution is 2.31. The van der Waals surface area contributed by atoms with E-state index < -0.39 is 0 Å². The fourth-order valence-corrected chi connectivity index (χ4v) is 4.22. The summed E-state index contributed by atoms with van der Waals surface area (Å²) in [5, 5.41) is 3.21. The van der Waals surface area contributed by atoms with E-state index in [4.69, 9.17) is 0 Å². The Bertz CT molecular complexity index is 890. The van der Waals surface area contributed by atoms with Crippen LogP contribution in [-0.2, 0) is 16.0 Å². The van der Waals surface area contributed by atoms with Crippen molar-refractivity contribution >= 4 is 17.5 Å².